The van der Waals surface area contributed by atoms with E-state index in [1.54, 1.807) is 37.8 Å². The van der Waals surface area contributed by atoms with Crippen molar-refractivity contribution in [1.82, 2.24) is 14.9 Å². The second-order valence-corrected chi connectivity index (χ2v) is 9.37. The van der Waals surface area contributed by atoms with Crippen LogP contribution in [0.2, 0.25) is 5.02 Å². The number of aromatic amines is 1. The molecule has 0 spiro atoms. The number of thiazole rings is 1. The van der Waals surface area contributed by atoms with Gasteiger partial charge in [-0.15, -0.1) is 11.3 Å². The van der Waals surface area contributed by atoms with E-state index in [9.17, 15) is 9.90 Å². The zero-order valence-electron chi connectivity index (χ0n) is 18.1. The molecule has 33 heavy (non-hydrogen) atoms. The Morgan fingerprint density at radius 1 is 1.21 bits per heavy atom. The Morgan fingerprint density at radius 2 is 2.03 bits per heavy atom. The highest BCUT2D eigenvalue weighted by Crippen LogP contribution is 2.39. The highest BCUT2D eigenvalue weighted by molar-refractivity contribution is 7.15. The second-order valence-electron chi connectivity index (χ2n) is 7.85. The van der Waals surface area contributed by atoms with Crippen LogP contribution in [-0.4, -0.2) is 46.7 Å². The largest absolute Gasteiger partial charge is 0.493 e. The molecule has 0 bridgehead atoms. The number of carbonyl (C=O) groups is 1. The molecule has 2 aromatic carbocycles. The predicted octanol–water partition coefficient (Wildman–Crippen LogP) is 5.15. The molecular formula is C24H22ClN3O4S. The smallest absolute Gasteiger partial charge is 0.325 e. The zero-order valence-corrected chi connectivity index (χ0v) is 19.7. The average molecular weight is 484 g/mol. The summed E-state index contributed by atoms with van der Waals surface area (Å²) in [6.07, 6.45) is 2.47. The fraction of sp³-hybridized carbons (Fsp3) is 0.250. The summed E-state index contributed by atoms with van der Waals surface area (Å²) in [4.78, 5) is 23.4. The SMILES string of the molecule is COc1ccc(-c2nc3c(s2)CN(C(C(=O)O)c2c[nH]c4cc(Cl)ccc24)CC3)cc1OC. The minimum Gasteiger partial charge on any atom is -0.493 e. The number of nitrogens with zero attached hydrogens (tertiary/aromatic N) is 2. The lowest BCUT2D eigenvalue weighted by molar-refractivity contribution is -0.144. The maximum absolute atomic E-state index is 12.4. The first kappa shape index (κ1) is 21.8. The van der Waals surface area contributed by atoms with Crippen molar-refractivity contribution in [1.29, 1.82) is 0 Å². The van der Waals surface area contributed by atoms with Crippen LogP contribution in [0.5, 0.6) is 11.5 Å². The summed E-state index contributed by atoms with van der Waals surface area (Å²) in [6, 6.07) is 10.4. The number of methoxy groups -OCH3 is 2. The van der Waals surface area contributed by atoms with Gasteiger partial charge in [0.25, 0.3) is 0 Å². The molecule has 4 aromatic rings. The Bertz CT molecular complexity index is 1350. The van der Waals surface area contributed by atoms with E-state index in [-0.39, 0.29) is 0 Å². The molecule has 1 aliphatic rings. The normalized spacial score (nSPS) is 14.8. The molecule has 0 saturated carbocycles. The van der Waals surface area contributed by atoms with E-state index in [1.807, 2.05) is 35.2 Å². The van der Waals surface area contributed by atoms with Crippen LogP contribution in [-0.2, 0) is 17.8 Å². The number of benzene rings is 2. The van der Waals surface area contributed by atoms with Gasteiger partial charge in [-0.1, -0.05) is 17.7 Å². The van der Waals surface area contributed by atoms with Gasteiger partial charge in [-0.2, -0.15) is 0 Å². The number of aliphatic carboxylic acids is 1. The number of carboxylic acids is 1. The first-order chi connectivity index (χ1) is 16.0. The summed E-state index contributed by atoms with van der Waals surface area (Å²) < 4.78 is 10.8. The third kappa shape index (κ3) is 3.94. The first-order valence-corrected chi connectivity index (χ1v) is 11.6. The average Bonchev–Trinajstić information content (AvgIpc) is 3.42. The van der Waals surface area contributed by atoms with Gasteiger partial charge in [0.1, 0.15) is 11.0 Å². The lowest BCUT2D eigenvalue weighted by atomic mass is 10.0. The van der Waals surface area contributed by atoms with Crippen LogP contribution in [0.3, 0.4) is 0 Å². The Kier molecular flexibility index (Phi) is 5.74. The summed E-state index contributed by atoms with van der Waals surface area (Å²) in [6.45, 7) is 1.14. The number of hydrogen-bond donors (Lipinski definition) is 2. The Labute approximate surface area is 199 Å². The van der Waals surface area contributed by atoms with E-state index in [1.165, 1.54) is 0 Å². The predicted molar refractivity (Wildman–Crippen MR) is 128 cm³/mol. The Hall–Kier alpha value is -3.07. The number of aromatic nitrogens is 2. The topological polar surface area (TPSA) is 87.7 Å². The second kappa shape index (κ2) is 8.70. The molecule has 170 valence electrons. The van der Waals surface area contributed by atoms with E-state index in [2.05, 4.69) is 4.98 Å². The van der Waals surface area contributed by atoms with Gasteiger partial charge in [-0.05, 0) is 30.3 Å². The molecule has 0 radical (unpaired) electrons. The number of halogens is 1. The van der Waals surface area contributed by atoms with Crippen molar-refractivity contribution in [2.45, 2.75) is 19.0 Å². The van der Waals surface area contributed by atoms with E-state index in [0.29, 0.717) is 36.0 Å². The van der Waals surface area contributed by atoms with Gasteiger partial charge in [0, 0.05) is 57.6 Å². The molecule has 5 rings (SSSR count). The van der Waals surface area contributed by atoms with Crippen LogP contribution in [0.15, 0.2) is 42.6 Å². The lowest BCUT2D eigenvalue weighted by Gasteiger charge is -2.31. The molecule has 1 aliphatic heterocycles. The maximum Gasteiger partial charge on any atom is 0.325 e. The van der Waals surface area contributed by atoms with E-state index < -0.39 is 12.0 Å². The van der Waals surface area contributed by atoms with Crippen LogP contribution in [0.25, 0.3) is 21.5 Å². The van der Waals surface area contributed by atoms with Gasteiger partial charge < -0.3 is 19.6 Å². The molecule has 3 heterocycles. The van der Waals surface area contributed by atoms with Crippen molar-refractivity contribution in [3.8, 4) is 22.1 Å². The summed E-state index contributed by atoms with van der Waals surface area (Å²) >= 11 is 7.69. The van der Waals surface area contributed by atoms with E-state index in [4.69, 9.17) is 26.1 Å². The van der Waals surface area contributed by atoms with Gasteiger partial charge in [-0.25, -0.2) is 4.98 Å². The minimum atomic E-state index is -0.876. The molecule has 0 fully saturated rings. The van der Waals surface area contributed by atoms with Crippen LogP contribution < -0.4 is 9.47 Å². The van der Waals surface area contributed by atoms with Crippen LogP contribution in [0, 0.1) is 0 Å². The fourth-order valence-electron chi connectivity index (χ4n) is 4.36. The number of carboxylic acid groups (broad SMARTS) is 1. The summed E-state index contributed by atoms with van der Waals surface area (Å²) in [5, 5.41) is 12.5. The summed E-state index contributed by atoms with van der Waals surface area (Å²) in [5.74, 6) is 0.437. The monoisotopic (exact) mass is 483 g/mol. The molecule has 0 saturated heterocycles. The van der Waals surface area contributed by atoms with Gasteiger partial charge in [0.15, 0.2) is 11.5 Å². The number of H-pyrrole nitrogens is 1. The van der Waals surface area contributed by atoms with Crippen LogP contribution in [0.4, 0.5) is 0 Å². The van der Waals surface area contributed by atoms with Crippen molar-refractivity contribution in [2.24, 2.45) is 0 Å². The Morgan fingerprint density at radius 3 is 2.79 bits per heavy atom. The molecule has 1 unspecified atom stereocenters. The molecule has 2 aromatic heterocycles. The van der Waals surface area contributed by atoms with Crippen molar-refractivity contribution < 1.29 is 19.4 Å². The number of ether oxygens (including phenoxy) is 2. The summed E-state index contributed by atoms with van der Waals surface area (Å²) in [7, 11) is 3.21. The molecule has 0 aliphatic carbocycles. The van der Waals surface area contributed by atoms with Gasteiger partial charge in [0.2, 0.25) is 0 Å². The van der Waals surface area contributed by atoms with Crippen molar-refractivity contribution in [3.05, 3.63) is 63.8 Å². The van der Waals surface area contributed by atoms with E-state index >= 15 is 0 Å². The molecular weight excluding hydrogens is 462 g/mol. The third-order valence-electron chi connectivity index (χ3n) is 5.96. The minimum absolute atomic E-state index is 0.525. The quantitative estimate of drug-likeness (QED) is 0.394. The van der Waals surface area contributed by atoms with Crippen LogP contribution in [0.1, 0.15) is 22.2 Å². The van der Waals surface area contributed by atoms with Gasteiger partial charge >= 0.3 is 5.97 Å². The molecule has 7 nitrogen and oxygen atoms in total. The fourth-order valence-corrected chi connectivity index (χ4v) is 5.66. The molecule has 2 N–H and O–H groups in total. The lowest BCUT2D eigenvalue weighted by Crippen LogP contribution is -2.37. The van der Waals surface area contributed by atoms with Crippen LogP contribution >= 0.6 is 22.9 Å². The Balaban J connectivity index is 1.46. The number of hydrogen-bond acceptors (Lipinski definition) is 6. The number of fused-ring (bicyclic) bond motifs is 2. The number of nitrogens with one attached hydrogen (secondary N) is 1. The van der Waals surface area contributed by atoms with E-state index in [0.717, 1.165) is 37.6 Å². The standard InChI is InChI=1S/C24H22ClN3O4S/c1-31-19-6-3-13(9-20(19)32-2)23-27-17-7-8-28(12-21(17)33-23)22(24(29)30)16-11-26-18-10-14(25)4-5-15(16)18/h3-6,9-11,22,26H,7-8,12H2,1-2H3,(H,29,30). The van der Waals surface area contributed by atoms with Gasteiger partial charge in [0.05, 0.1) is 19.9 Å². The molecule has 9 heteroatoms. The van der Waals surface area contributed by atoms with Crippen molar-refractivity contribution in [2.75, 3.05) is 20.8 Å². The third-order valence-corrected chi connectivity index (χ3v) is 7.33. The van der Waals surface area contributed by atoms with Gasteiger partial charge in [-0.3, -0.25) is 9.69 Å². The molecule has 1 atom stereocenters. The maximum atomic E-state index is 12.4. The highest BCUT2D eigenvalue weighted by Gasteiger charge is 2.33. The molecule has 0 amide bonds. The van der Waals surface area contributed by atoms with Crippen molar-refractivity contribution in [3.63, 3.8) is 0 Å². The van der Waals surface area contributed by atoms with Crippen molar-refractivity contribution >= 4 is 39.8 Å². The first-order valence-electron chi connectivity index (χ1n) is 10.4. The summed E-state index contributed by atoms with van der Waals surface area (Å²) in [5.41, 5.74) is 3.54. The number of rotatable bonds is 6. The highest BCUT2D eigenvalue weighted by atomic mass is 35.5. The zero-order chi connectivity index (χ0) is 23.1.